The first-order valence-electron chi connectivity index (χ1n) is 11.1. The van der Waals surface area contributed by atoms with E-state index in [4.69, 9.17) is 14.0 Å². The molecule has 0 N–H and O–H groups in total. The largest absolute Gasteiger partial charge is 0.381 e. The van der Waals surface area contributed by atoms with Crippen molar-refractivity contribution in [2.75, 3.05) is 46.1 Å². The van der Waals surface area contributed by atoms with E-state index in [0.29, 0.717) is 62.1 Å². The number of morpholine rings is 1. The molecular weight excluding hydrogens is 431 g/mol. The number of halogens is 1. The van der Waals surface area contributed by atoms with Crippen LogP contribution in [0.3, 0.4) is 0 Å². The molecule has 10 nitrogen and oxygen atoms in total. The summed E-state index contributed by atoms with van der Waals surface area (Å²) in [5.41, 5.74) is 1.08. The average molecular weight is 454 g/mol. The van der Waals surface area contributed by atoms with Gasteiger partial charge in [0.2, 0.25) is 11.7 Å². The standard InChI is InChI=1S/C22H23FN6O4/c23-15-2-1-3-16-18(15)28(6-5-27-7-10-31-11-8-27)22(30)19-17(24-13-29(16)19)20-25-21(33-26-20)14-4-9-32-12-14/h1-3,13-14H,4-12H2. The van der Waals surface area contributed by atoms with Gasteiger partial charge in [-0.15, -0.1) is 0 Å². The predicted octanol–water partition coefficient (Wildman–Crippen LogP) is 1.67. The fourth-order valence-corrected chi connectivity index (χ4v) is 4.60. The molecule has 2 aliphatic rings. The smallest absolute Gasteiger partial charge is 0.277 e. The average Bonchev–Trinajstić information content (AvgIpc) is 3.60. The number of ether oxygens (including phenoxy) is 2. The van der Waals surface area contributed by atoms with Crippen molar-refractivity contribution in [2.24, 2.45) is 0 Å². The normalized spacial score (nSPS) is 19.7. The summed E-state index contributed by atoms with van der Waals surface area (Å²) in [6.45, 7) is 5.02. The van der Waals surface area contributed by atoms with E-state index in [1.165, 1.54) is 17.0 Å². The summed E-state index contributed by atoms with van der Waals surface area (Å²) in [5, 5.41) is 4.08. The van der Waals surface area contributed by atoms with Crippen LogP contribution in [0.1, 0.15) is 18.2 Å². The summed E-state index contributed by atoms with van der Waals surface area (Å²) < 4.78 is 34.3. The summed E-state index contributed by atoms with van der Waals surface area (Å²) in [6.07, 6.45) is 2.32. The van der Waals surface area contributed by atoms with E-state index < -0.39 is 5.82 Å². The SMILES string of the molecule is O=c1c2c(-c3noc(C4CCOC4)n3)ncn2c2cccc(F)c2n1CCN1CCOCC1. The molecule has 33 heavy (non-hydrogen) atoms. The Labute approximate surface area is 187 Å². The number of para-hydroxylation sites is 1. The Bertz CT molecular complexity index is 1370. The van der Waals surface area contributed by atoms with Crippen molar-refractivity contribution in [3.63, 3.8) is 0 Å². The number of aromatic nitrogens is 5. The monoisotopic (exact) mass is 454 g/mol. The number of imidazole rings is 1. The maximum Gasteiger partial charge on any atom is 0.277 e. The molecule has 0 spiro atoms. The Kier molecular flexibility index (Phi) is 5.16. The van der Waals surface area contributed by atoms with Gasteiger partial charge in [0.25, 0.3) is 5.56 Å². The van der Waals surface area contributed by atoms with Gasteiger partial charge in [0, 0.05) is 32.8 Å². The highest BCUT2D eigenvalue weighted by Crippen LogP contribution is 2.28. The third kappa shape index (κ3) is 3.52. The molecule has 0 saturated carbocycles. The Balaban J connectivity index is 1.47. The quantitative estimate of drug-likeness (QED) is 0.449. The highest BCUT2D eigenvalue weighted by molar-refractivity contribution is 5.84. The van der Waals surface area contributed by atoms with Gasteiger partial charge in [-0.1, -0.05) is 11.2 Å². The molecule has 2 aliphatic heterocycles. The van der Waals surface area contributed by atoms with E-state index in [9.17, 15) is 9.18 Å². The second-order valence-corrected chi connectivity index (χ2v) is 8.35. The first-order chi connectivity index (χ1) is 16.2. The summed E-state index contributed by atoms with van der Waals surface area (Å²) in [6, 6.07) is 4.77. The fraction of sp³-hybridized carbons (Fsp3) is 0.455. The maximum absolute atomic E-state index is 14.9. The number of hydrogen-bond acceptors (Lipinski definition) is 8. The van der Waals surface area contributed by atoms with Crippen LogP contribution in [0.25, 0.3) is 28.1 Å². The van der Waals surface area contributed by atoms with Gasteiger partial charge < -0.3 is 18.6 Å². The third-order valence-electron chi connectivity index (χ3n) is 6.39. The molecule has 1 unspecified atom stereocenters. The highest BCUT2D eigenvalue weighted by atomic mass is 19.1. The molecule has 0 radical (unpaired) electrons. The molecule has 4 aromatic rings. The molecule has 2 saturated heterocycles. The van der Waals surface area contributed by atoms with Crippen molar-refractivity contribution in [1.29, 1.82) is 0 Å². The van der Waals surface area contributed by atoms with Crippen molar-refractivity contribution in [1.82, 2.24) is 29.0 Å². The van der Waals surface area contributed by atoms with Gasteiger partial charge in [-0.25, -0.2) is 9.37 Å². The van der Waals surface area contributed by atoms with Crippen LogP contribution >= 0.6 is 0 Å². The lowest BCUT2D eigenvalue weighted by atomic mass is 10.1. The number of fused-ring (bicyclic) bond motifs is 3. The van der Waals surface area contributed by atoms with Crippen LogP contribution in [0.4, 0.5) is 4.39 Å². The van der Waals surface area contributed by atoms with Crippen molar-refractivity contribution < 1.29 is 18.4 Å². The number of rotatable bonds is 5. The maximum atomic E-state index is 14.9. The number of nitrogens with zero attached hydrogens (tertiary/aromatic N) is 6. The summed E-state index contributed by atoms with van der Waals surface area (Å²) in [4.78, 5) is 24.8. The van der Waals surface area contributed by atoms with Crippen LogP contribution in [-0.2, 0) is 16.0 Å². The zero-order chi connectivity index (χ0) is 22.4. The lowest BCUT2D eigenvalue weighted by Gasteiger charge is -2.27. The first kappa shape index (κ1) is 20.5. The van der Waals surface area contributed by atoms with Crippen LogP contribution in [0.2, 0.25) is 0 Å². The molecule has 0 aliphatic carbocycles. The molecule has 3 aromatic heterocycles. The molecule has 1 atom stereocenters. The topological polar surface area (TPSA) is 99.9 Å². The summed E-state index contributed by atoms with van der Waals surface area (Å²) in [5.74, 6) is 0.308. The van der Waals surface area contributed by atoms with Crippen molar-refractivity contribution >= 4 is 16.6 Å². The first-order valence-corrected chi connectivity index (χ1v) is 11.1. The molecule has 11 heteroatoms. The summed E-state index contributed by atoms with van der Waals surface area (Å²) >= 11 is 0. The van der Waals surface area contributed by atoms with Gasteiger partial charge in [0.1, 0.15) is 28.9 Å². The Morgan fingerprint density at radius 3 is 2.79 bits per heavy atom. The van der Waals surface area contributed by atoms with E-state index in [2.05, 4.69) is 20.0 Å². The van der Waals surface area contributed by atoms with Gasteiger partial charge >= 0.3 is 0 Å². The van der Waals surface area contributed by atoms with Crippen molar-refractivity contribution in [3.05, 3.63) is 46.6 Å². The van der Waals surface area contributed by atoms with E-state index in [0.717, 1.165) is 19.5 Å². The number of hydrogen-bond donors (Lipinski definition) is 0. The third-order valence-corrected chi connectivity index (χ3v) is 6.39. The molecule has 2 fully saturated rings. The minimum absolute atomic E-state index is 0.0419. The van der Waals surface area contributed by atoms with Crippen molar-refractivity contribution in [2.45, 2.75) is 18.9 Å². The van der Waals surface area contributed by atoms with Crippen molar-refractivity contribution in [3.8, 4) is 11.5 Å². The molecule has 1 aromatic carbocycles. The van der Waals surface area contributed by atoms with E-state index in [1.54, 1.807) is 16.5 Å². The molecular formula is C22H23FN6O4. The van der Waals surface area contributed by atoms with E-state index in [1.807, 2.05) is 0 Å². The van der Waals surface area contributed by atoms with Gasteiger partial charge in [-0.3, -0.25) is 14.1 Å². The van der Waals surface area contributed by atoms with Crippen LogP contribution in [-0.4, -0.2) is 75.1 Å². The van der Waals surface area contributed by atoms with Crippen LogP contribution in [0, 0.1) is 5.82 Å². The second kappa shape index (κ2) is 8.32. The van der Waals surface area contributed by atoms with Gasteiger partial charge in [-0.2, -0.15) is 4.98 Å². The molecule has 6 rings (SSSR count). The van der Waals surface area contributed by atoms with Gasteiger partial charge in [0.05, 0.1) is 31.3 Å². The van der Waals surface area contributed by atoms with E-state index in [-0.39, 0.29) is 22.8 Å². The van der Waals surface area contributed by atoms with Crippen LogP contribution < -0.4 is 5.56 Å². The zero-order valence-corrected chi connectivity index (χ0v) is 17.9. The van der Waals surface area contributed by atoms with Gasteiger partial charge in [-0.05, 0) is 18.6 Å². The van der Waals surface area contributed by atoms with Crippen LogP contribution in [0.5, 0.6) is 0 Å². The fourth-order valence-electron chi connectivity index (χ4n) is 4.60. The summed E-state index contributed by atoms with van der Waals surface area (Å²) in [7, 11) is 0. The Morgan fingerprint density at radius 2 is 1.97 bits per heavy atom. The minimum atomic E-state index is -0.452. The van der Waals surface area contributed by atoms with E-state index >= 15 is 0 Å². The zero-order valence-electron chi connectivity index (χ0n) is 17.9. The Morgan fingerprint density at radius 1 is 1.09 bits per heavy atom. The van der Waals surface area contributed by atoms with Gasteiger partial charge in [0.15, 0.2) is 0 Å². The van der Waals surface area contributed by atoms with Crippen LogP contribution in [0.15, 0.2) is 33.8 Å². The lowest BCUT2D eigenvalue weighted by molar-refractivity contribution is 0.0364. The molecule has 0 amide bonds. The Hall–Kier alpha value is -3.15. The lowest BCUT2D eigenvalue weighted by Crippen LogP contribution is -2.39. The molecule has 5 heterocycles. The molecule has 172 valence electrons. The highest BCUT2D eigenvalue weighted by Gasteiger charge is 2.27. The number of benzene rings is 1. The second-order valence-electron chi connectivity index (χ2n) is 8.35. The minimum Gasteiger partial charge on any atom is -0.381 e. The molecule has 0 bridgehead atoms. The predicted molar refractivity (Wildman–Crippen MR) is 116 cm³/mol.